The fourth-order valence-electron chi connectivity index (χ4n) is 2.01. The summed E-state index contributed by atoms with van der Waals surface area (Å²) in [6, 6.07) is 0.0856. The first kappa shape index (κ1) is 9.80. The van der Waals surface area contributed by atoms with Crippen molar-refractivity contribution in [2.75, 3.05) is 0 Å². The Bertz CT molecular complexity index is 310. The summed E-state index contributed by atoms with van der Waals surface area (Å²) in [5.41, 5.74) is 5.87. The Kier molecular flexibility index (Phi) is 2.93. The zero-order valence-corrected chi connectivity index (χ0v) is 8.80. The van der Waals surface area contributed by atoms with Gasteiger partial charge < -0.3 is 5.73 Å². The van der Waals surface area contributed by atoms with Gasteiger partial charge >= 0.3 is 0 Å². The lowest BCUT2D eigenvalue weighted by Gasteiger charge is -2.12. The van der Waals surface area contributed by atoms with Crippen molar-refractivity contribution in [3.05, 3.63) is 16.6 Å². The molecule has 0 bridgehead atoms. The van der Waals surface area contributed by atoms with Gasteiger partial charge in [0.2, 0.25) is 0 Å². The number of thiazole rings is 1. The molecule has 0 aliphatic heterocycles. The molecular weight excluding hydrogens is 196 g/mol. The number of rotatable bonds is 3. The molecule has 3 nitrogen and oxygen atoms in total. The molecule has 1 aliphatic rings. The standard InChI is InChI=1S/C10H14N2OS/c11-8-3-1-2-7(8)9(13)6-10-12-4-5-14-10/h4-5,7-8H,1-3,6,11H2. The lowest BCUT2D eigenvalue weighted by Crippen LogP contribution is -2.31. The number of carbonyl (C=O) groups excluding carboxylic acids is 1. The van der Waals surface area contributed by atoms with Crippen molar-refractivity contribution < 1.29 is 4.79 Å². The summed E-state index contributed by atoms with van der Waals surface area (Å²) in [6.45, 7) is 0. The van der Waals surface area contributed by atoms with Crippen molar-refractivity contribution in [2.45, 2.75) is 31.7 Å². The lowest BCUT2D eigenvalue weighted by molar-refractivity contribution is -0.122. The smallest absolute Gasteiger partial charge is 0.144 e. The van der Waals surface area contributed by atoms with E-state index in [0.29, 0.717) is 6.42 Å². The van der Waals surface area contributed by atoms with Gasteiger partial charge in [-0.1, -0.05) is 6.42 Å². The van der Waals surface area contributed by atoms with E-state index in [1.54, 1.807) is 6.20 Å². The van der Waals surface area contributed by atoms with E-state index in [1.807, 2.05) is 5.38 Å². The van der Waals surface area contributed by atoms with Gasteiger partial charge in [0.15, 0.2) is 0 Å². The minimum absolute atomic E-state index is 0.0823. The fraction of sp³-hybridized carbons (Fsp3) is 0.600. The maximum Gasteiger partial charge on any atom is 0.144 e. The number of aromatic nitrogens is 1. The van der Waals surface area contributed by atoms with Crippen LogP contribution in [0.3, 0.4) is 0 Å². The summed E-state index contributed by atoms with van der Waals surface area (Å²) in [5, 5.41) is 2.81. The number of nitrogens with two attached hydrogens (primary N) is 1. The van der Waals surface area contributed by atoms with Crippen molar-refractivity contribution in [3.8, 4) is 0 Å². The maximum absolute atomic E-state index is 11.8. The first-order chi connectivity index (χ1) is 6.77. The van der Waals surface area contributed by atoms with Gasteiger partial charge in [0.1, 0.15) is 5.78 Å². The molecule has 0 aromatic carbocycles. The molecule has 4 heteroatoms. The predicted molar refractivity (Wildman–Crippen MR) is 56.1 cm³/mol. The Morgan fingerprint density at radius 3 is 3.07 bits per heavy atom. The number of carbonyl (C=O) groups is 1. The van der Waals surface area contributed by atoms with Gasteiger partial charge in [0.25, 0.3) is 0 Å². The van der Waals surface area contributed by atoms with Crippen LogP contribution in [0.2, 0.25) is 0 Å². The van der Waals surface area contributed by atoms with E-state index in [0.717, 1.165) is 24.3 Å². The highest BCUT2D eigenvalue weighted by atomic mass is 32.1. The Hall–Kier alpha value is -0.740. The van der Waals surface area contributed by atoms with E-state index in [-0.39, 0.29) is 17.7 Å². The largest absolute Gasteiger partial charge is 0.327 e. The highest BCUT2D eigenvalue weighted by Crippen LogP contribution is 2.26. The lowest BCUT2D eigenvalue weighted by atomic mass is 9.97. The summed E-state index contributed by atoms with van der Waals surface area (Å²) in [7, 11) is 0. The van der Waals surface area contributed by atoms with Crippen molar-refractivity contribution in [1.82, 2.24) is 4.98 Å². The van der Waals surface area contributed by atoms with Gasteiger partial charge in [0.05, 0.1) is 11.4 Å². The summed E-state index contributed by atoms with van der Waals surface area (Å²) in [6.07, 6.45) is 5.26. The third kappa shape index (κ3) is 2.01. The first-order valence-corrected chi connectivity index (χ1v) is 5.82. The van der Waals surface area contributed by atoms with Crippen molar-refractivity contribution >= 4 is 17.1 Å². The van der Waals surface area contributed by atoms with Crippen LogP contribution in [0.15, 0.2) is 11.6 Å². The molecule has 0 spiro atoms. The van der Waals surface area contributed by atoms with E-state index >= 15 is 0 Å². The van der Waals surface area contributed by atoms with E-state index in [4.69, 9.17) is 5.73 Å². The summed E-state index contributed by atoms with van der Waals surface area (Å²) in [4.78, 5) is 15.9. The molecule has 2 N–H and O–H groups in total. The summed E-state index contributed by atoms with van der Waals surface area (Å²) < 4.78 is 0. The van der Waals surface area contributed by atoms with Crippen molar-refractivity contribution in [2.24, 2.45) is 11.7 Å². The molecule has 1 aromatic rings. The Balaban J connectivity index is 1.95. The summed E-state index contributed by atoms with van der Waals surface area (Å²) >= 11 is 1.54. The molecule has 1 aliphatic carbocycles. The Morgan fingerprint density at radius 1 is 1.64 bits per heavy atom. The number of nitrogens with zero attached hydrogens (tertiary/aromatic N) is 1. The van der Waals surface area contributed by atoms with E-state index in [1.165, 1.54) is 11.3 Å². The number of hydrogen-bond acceptors (Lipinski definition) is 4. The molecule has 0 radical (unpaired) electrons. The highest BCUT2D eigenvalue weighted by molar-refractivity contribution is 7.09. The molecule has 76 valence electrons. The molecule has 2 unspecified atom stereocenters. The van der Waals surface area contributed by atoms with Gasteiger partial charge in [-0.3, -0.25) is 4.79 Å². The predicted octanol–water partition coefficient (Wildman–Crippen LogP) is 1.38. The molecule has 1 heterocycles. The minimum atomic E-state index is 0.0823. The molecule has 1 saturated carbocycles. The topological polar surface area (TPSA) is 56.0 Å². The van der Waals surface area contributed by atoms with Crippen LogP contribution in [0, 0.1) is 5.92 Å². The third-order valence-electron chi connectivity index (χ3n) is 2.79. The molecule has 1 fully saturated rings. The maximum atomic E-state index is 11.8. The minimum Gasteiger partial charge on any atom is -0.327 e. The second kappa shape index (κ2) is 4.19. The van der Waals surface area contributed by atoms with E-state index in [2.05, 4.69) is 4.98 Å². The molecule has 0 saturated heterocycles. The van der Waals surface area contributed by atoms with Gasteiger partial charge in [-0.25, -0.2) is 4.98 Å². The van der Waals surface area contributed by atoms with Crippen LogP contribution in [0.25, 0.3) is 0 Å². The van der Waals surface area contributed by atoms with Crippen molar-refractivity contribution in [1.29, 1.82) is 0 Å². The summed E-state index contributed by atoms with van der Waals surface area (Å²) in [5.74, 6) is 0.351. The highest BCUT2D eigenvalue weighted by Gasteiger charge is 2.30. The van der Waals surface area contributed by atoms with Crippen LogP contribution in [-0.2, 0) is 11.2 Å². The Labute approximate surface area is 87.3 Å². The van der Waals surface area contributed by atoms with E-state index < -0.39 is 0 Å². The monoisotopic (exact) mass is 210 g/mol. The number of hydrogen-bond donors (Lipinski definition) is 1. The Morgan fingerprint density at radius 2 is 2.50 bits per heavy atom. The normalized spacial score (nSPS) is 26.6. The molecular formula is C10H14N2OS. The van der Waals surface area contributed by atoms with Crippen LogP contribution in [-0.4, -0.2) is 16.8 Å². The molecule has 1 aromatic heterocycles. The molecule has 0 amide bonds. The van der Waals surface area contributed by atoms with Crippen LogP contribution in [0.5, 0.6) is 0 Å². The van der Waals surface area contributed by atoms with Crippen LogP contribution in [0.1, 0.15) is 24.3 Å². The zero-order valence-electron chi connectivity index (χ0n) is 7.98. The third-order valence-corrected chi connectivity index (χ3v) is 3.57. The van der Waals surface area contributed by atoms with Gasteiger partial charge in [-0.15, -0.1) is 11.3 Å². The first-order valence-electron chi connectivity index (χ1n) is 4.94. The van der Waals surface area contributed by atoms with Gasteiger partial charge in [0, 0.05) is 23.5 Å². The second-order valence-electron chi connectivity index (χ2n) is 3.77. The van der Waals surface area contributed by atoms with E-state index in [9.17, 15) is 4.79 Å². The SMILES string of the molecule is NC1CCCC1C(=O)Cc1nccs1. The molecule has 2 rings (SSSR count). The van der Waals surface area contributed by atoms with Gasteiger partial charge in [-0.05, 0) is 12.8 Å². The van der Waals surface area contributed by atoms with Crippen LogP contribution >= 0.6 is 11.3 Å². The van der Waals surface area contributed by atoms with Crippen LogP contribution < -0.4 is 5.73 Å². The molecule has 2 atom stereocenters. The average molecular weight is 210 g/mol. The van der Waals surface area contributed by atoms with Crippen LogP contribution in [0.4, 0.5) is 0 Å². The second-order valence-corrected chi connectivity index (χ2v) is 4.75. The molecule has 14 heavy (non-hydrogen) atoms. The van der Waals surface area contributed by atoms with Gasteiger partial charge in [-0.2, -0.15) is 0 Å². The number of ketones is 1. The zero-order chi connectivity index (χ0) is 9.97. The quantitative estimate of drug-likeness (QED) is 0.820. The fourth-order valence-corrected chi connectivity index (χ4v) is 2.64. The van der Waals surface area contributed by atoms with Crippen molar-refractivity contribution in [3.63, 3.8) is 0 Å². The number of Topliss-reactive ketones (excluding diaryl/α,β-unsaturated/α-hetero) is 1. The average Bonchev–Trinajstić information content (AvgIpc) is 2.75.